The van der Waals surface area contributed by atoms with Crippen molar-refractivity contribution < 1.29 is 17.6 Å². The van der Waals surface area contributed by atoms with Crippen LogP contribution in [0.5, 0.6) is 0 Å². The fourth-order valence-electron chi connectivity index (χ4n) is 4.23. The average molecular weight is 433 g/mol. The van der Waals surface area contributed by atoms with E-state index in [9.17, 15) is 17.6 Å². The Morgan fingerprint density at radius 3 is 2.77 bits per heavy atom. The number of sulfonamides is 1. The summed E-state index contributed by atoms with van der Waals surface area (Å²) in [5, 5.41) is 0. The number of amides is 1. The van der Waals surface area contributed by atoms with Gasteiger partial charge < -0.3 is 0 Å². The van der Waals surface area contributed by atoms with Crippen molar-refractivity contribution in [3.05, 3.63) is 52.7 Å². The molecule has 0 N–H and O–H groups in total. The van der Waals surface area contributed by atoms with Crippen LogP contribution in [0.4, 0.5) is 10.2 Å². The summed E-state index contributed by atoms with van der Waals surface area (Å²) in [5.41, 5.74) is 2.32. The number of halogens is 1. The Morgan fingerprint density at radius 2 is 2.03 bits per heavy atom. The van der Waals surface area contributed by atoms with Crippen molar-refractivity contribution in [1.29, 1.82) is 0 Å². The number of carbonyl (C=O) groups excluding carboxylic acids is 1. The summed E-state index contributed by atoms with van der Waals surface area (Å²) < 4.78 is 40.2. The molecule has 7 nitrogen and oxygen atoms in total. The van der Waals surface area contributed by atoms with Crippen LogP contribution in [0, 0.1) is 12.7 Å². The third-order valence-corrected chi connectivity index (χ3v) is 7.69. The van der Waals surface area contributed by atoms with Crippen molar-refractivity contribution in [1.82, 2.24) is 14.3 Å². The number of nitrogens with zero attached hydrogens (tertiary/aromatic N) is 4. The molecule has 0 aliphatic carbocycles. The molecule has 30 heavy (non-hydrogen) atoms. The molecule has 9 heteroatoms. The van der Waals surface area contributed by atoms with E-state index in [0.717, 1.165) is 17.7 Å². The highest BCUT2D eigenvalue weighted by molar-refractivity contribution is 7.89. The van der Waals surface area contributed by atoms with Crippen LogP contribution in [0.1, 0.15) is 54.9 Å². The third-order valence-electron chi connectivity index (χ3n) is 5.81. The summed E-state index contributed by atoms with van der Waals surface area (Å²) in [5.74, 6) is 0.527. The highest BCUT2D eigenvalue weighted by atomic mass is 32.2. The van der Waals surface area contributed by atoms with Gasteiger partial charge in [-0.2, -0.15) is 4.31 Å². The Balaban J connectivity index is 1.74. The Bertz CT molecular complexity index is 1090. The molecule has 1 saturated heterocycles. The number of carbonyl (C=O) groups is 1. The first-order valence-electron chi connectivity index (χ1n) is 10.2. The number of hydrogen-bond acceptors (Lipinski definition) is 5. The van der Waals surface area contributed by atoms with Gasteiger partial charge in [0.25, 0.3) is 0 Å². The Hall–Kier alpha value is -2.39. The van der Waals surface area contributed by atoms with Gasteiger partial charge in [0.1, 0.15) is 17.5 Å². The molecule has 0 spiro atoms. The van der Waals surface area contributed by atoms with Gasteiger partial charge in [-0.15, -0.1) is 0 Å². The minimum atomic E-state index is -3.38. The minimum absolute atomic E-state index is 0.0254. The van der Waals surface area contributed by atoms with Gasteiger partial charge in [-0.25, -0.2) is 22.8 Å². The molecule has 0 unspecified atom stereocenters. The molecule has 160 valence electrons. The number of aryl methyl sites for hydroxylation is 1. The summed E-state index contributed by atoms with van der Waals surface area (Å²) in [4.78, 5) is 23.6. The second kappa shape index (κ2) is 8.03. The van der Waals surface area contributed by atoms with Crippen molar-refractivity contribution in [2.45, 2.75) is 52.1 Å². The van der Waals surface area contributed by atoms with E-state index in [4.69, 9.17) is 4.98 Å². The zero-order chi connectivity index (χ0) is 21.5. The van der Waals surface area contributed by atoms with Crippen LogP contribution < -0.4 is 4.90 Å². The van der Waals surface area contributed by atoms with E-state index in [1.54, 1.807) is 24.0 Å². The van der Waals surface area contributed by atoms with Crippen molar-refractivity contribution in [2.75, 3.05) is 17.2 Å². The molecule has 1 aromatic carbocycles. The number of fused-ring (bicyclic) bond motifs is 1. The molecule has 4 rings (SSSR count). The van der Waals surface area contributed by atoms with Gasteiger partial charge >= 0.3 is 0 Å². The van der Waals surface area contributed by atoms with Crippen LogP contribution >= 0.6 is 0 Å². The highest BCUT2D eigenvalue weighted by Gasteiger charge is 2.37. The zero-order valence-electron chi connectivity index (χ0n) is 17.1. The summed E-state index contributed by atoms with van der Waals surface area (Å²) in [6, 6.07) is 5.73. The summed E-state index contributed by atoms with van der Waals surface area (Å²) in [6.07, 6.45) is 2.28. The first-order chi connectivity index (χ1) is 14.3. The van der Waals surface area contributed by atoms with E-state index in [1.165, 1.54) is 16.4 Å². The molecule has 1 aromatic heterocycles. The minimum Gasteiger partial charge on any atom is -0.292 e. The van der Waals surface area contributed by atoms with Crippen LogP contribution in [0.25, 0.3) is 0 Å². The molecule has 3 heterocycles. The average Bonchev–Trinajstić information content (AvgIpc) is 3.21. The van der Waals surface area contributed by atoms with Crippen LogP contribution in [-0.4, -0.2) is 40.9 Å². The van der Waals surface area contributed by atoms with Gasteiger partial charge in [0, 0.05) is 24.2 Å². The SMILES string of the molecule is CCS(=O)(=O)N1CCC[C@H]1c1nc(C)c2c(n1)N(Cc1cccc(F)c1)C(=O)CC2. The van der Waals surface area contributed by atoms with E-state index in [1.807, 2.05) is 6.92 Å². The fraction of sp³-hybridized carbons (Fsp3) is 0.476. The summed E-state index contributed by atoms with van der Waals surface area (Å²) >= 11 is 0. The standard InChI is InChI=1S/C21H25FN4O3S/c1-3-30(28,29)26-11-5-8-18(26)20-23-14(2)17-9-10-19(27)25(21(17)24-20)13-15-6-4-7-16(22)12-15/h4,6-7,12,18H,3,5,8-11,13H2,1-2H3/t18-/m0/s1. The topological polar surface area (TPSA) is 83.5 Å². The summed E-state index contributed by atoms with van der Waals surface area (Å²) in [6.45, 7) is 4.16. The van der Waals surface area contributed by atoms with Gasteiger partial charge in [0.15, 0.2) is 0 Å². The van der Waals surface area contributed by atoms with Crippen LogP contribution in [0.15, 0.2) is 24.3 Å². The number of anilines is 1. The molecule has 2 aliphatic rings. The van der Waals surface area contributed by atoms with E-state index in [-0.39, 0.29) is 24.0 Å². The second-order valence-corrected chi connectivity index (χ2v) is 9.96. The normalized spacial score (nSPS) is 19.9. The molecule has 2 aliphatic heterocycles. The zero-order valence-corrected chi connectivity index (χ0v) is 18.0. The lowest BCUT2D eigenvalue weighted by Crippen LogP contribution is -2.37. The first kappa shape index (κ1) is 20.9. The van der Waals surface area contributed by atoms with Crippen LogP contribution in [0.3, 0.4) is 0 Å². The van der Waals surface area contributed by atoms with Gasteiger partial charge in [-0.1, -0.05) is 12.1 Å². The maximum absolute atomic E-state index is 13.6. The maximum Gasteiger partial charge on any atom is 0.228 e. The van der Waals surface area contributed by atoms with Crippen molar-refractivity contribution in [3.8, 4) is 0 Å². The fourth-order valence-corrected chi connectivity index (χ4v) is 5.56. The largest absolute Gasteiger partial charge is 0.292 e. The lowest BCUT2D eigenvalue weighted by atomic mass is 10.0. The van der Waals surface area contributed by atoms with Crippen molar-refractivity contribution in [2.24, 2.45) is 0 Å². The van der Waals surface area contributed by atoms with Gasteiger partial charge in [-0.05, 0) is 50.8 Å². The van der Waals surface area contributed by atoms with Crippen molar-refractivity contribution in [3.63, 3.8) is 0 Å². The molecule has 1 atom stereocenters. The predicted molar refractivity (Wildman–Crippen MR) is 111 cm³/mol. The van der Waals surface area contributed by atoms with E-state index in [0.29, 0.717) is 43.0 Å². The lowest BCUT2D eigenvalue weighted by molar-refractivity contribution is -0.119. The molecule has 0 bridgehead atoms. The molecule has 2 aromatic rings. The number of rotatable bonds is 5. The van der Waals surface area contributed by atoms with Gasteiger partial charge in [-0.3, -0.25) is 9.69 Å². The number of aromatic nitrogens is 2. The van der Waals surface area contributed by atoms with E-state index in [2.05, 4.69) is 4.98 Å². The Kier molecular flexibility index (Phi) is 5.59. The maximum atomic E-state index is 13.6. The van der Waals surface area contributed by atoms with Crippen molar-refractivity contribution >= 4 is 21.7 Å². The molecule has 1 amide bonds. The van der Waals surface area contributed by atoms with Crippen LogP contribution in [-0.2, 0) is 27.8 Å². The number of benzene rings is 1. The smallest absolute Gasteiger partial charge is 0.228 e. The molecule has 1 fully saturated rings. The number of hydrogen-bond donors (Lipinski definition) is 0. The Morgan fingerprint density at radius 1 is 1.23 bits per heavy atom. The highest BCUT2D eigenvalue weighted by Crippen LogP contribution is 2.36. The molecular weight excluding hydrogens is 407 g/mol. The van der Waals surface area contributed by atoms with Gasteiger partial charge in [0.2, 0.25) is 15.9 Å². The summed E-state index contributed by atoms with van der Waals surface area (Å²) in [7, 11) is -3.38. The quantitative estimate of drug-likeness (QED) is 0.726. The van der Waals surface area contributed by atoms with E-state index >= 15 is 0 Å². The molecule has 0 radical (unpaired) electrons. The van der Waals surface area contributed by atoms with E-state index < -0.39 is 16.1 Å². The lowest BCUT2D eigenvalue weighted by Gasteiger charge is -2.31. The molecule has 0 saturated carbocycles. The van der Waals surface area contributed by atoms with Crippen LogP contribution in [0.2, 0.25) is 0 Å². The van der Waals surface area contributed by atoms with Gasteiger partial charge in [0.05, 0.1) is 18.3 Å². The predicted octanol–water partition coefficient (Wildman–Crippen LogP) is 2.89. The second-order valence-electron chi connectivity index (χ2n) is 7.75. The first-order valence-corrected chi connectivity index (χ1v) is 11.8. The third kappa shape index (κ3) is 3.83. The Labute approximate surface area is 176 Å². The monoisotopic (exact) mass is 432 g/mol. The molecular formula is C21H25FN4O3S.